The minimum atomic E-state index is -0.763. The molecule has 1 aliphatic heterocycles. The van der Waals surface area contributed by atoms with E-state index in [1.807, 2.05) is 6.08 Å². The molecule has 0 bridgehead atoms. The van der Waals surface area contributed by atoms with E-state index < -0.39 is 12.1 Å². The van der Waals surface area contributed by atoms with E-state index in [1.165, 1.54) is 37.8 Å². The highest BCUT2D eigenvalue weighted by Crippen LogP contribution is 2.42. The first-order valence-corrected chi connectivity index (χ1v) is 11.8. The first-order chi connectivity index (χ1) is 15.1. The van der Waals surface area contributed by atoms with Gasteiger partial charge in [-0.05, 0) is 76.2 Å². The van der Waals surface area contributed by atoms with E-state index in [-0.39, 0.29) is 19.2 Å². The van der Waals surface area contributed by atoms with Crippen molar-refractivity contribution in [3.63, 3.8) is 0 Å². The first kappa shape index (κ1) is 26.1. The number of hydrogen-bond donors (Lipinski definition) is 1. The van der Waals surface area contributed by atoms with Gasteiger partial charge in [0, 0.05) is 18.6 Å². The first-order valence-electron chi connectivity index (χ1n) is 11.8. The van der Waals surface area contributed by atoms with E-state index in [1.54, 1.807) is 11.1 Å². The summed E-state index contributed by atoms with van der Waals surface area (Å²) in [6.45, 7) is 11.0. The highest BCUT2D eigenvalue weighted by Gasteiger charge is 2.27. The molecule has 0 spiro atoms. The predicted molar refractivity (Wildman–Crippen MR) is 127 cm³/mol. The third-order valence-electron chi connectivity index (χ3n) is 6.62. The summed E-state index contributed by atoms with van der Waals surface area (Å²) in [5, 5.41) is 10.3. The zero-order chi connectivity index (χ0) is 23.7. The van der Waals surface area contributed by atoms with Gasteiger partial charge in [0.15, 0.2) is 0 Å². The monoisotopic (exact) mass is 444 g/mol. The van der Waals surface area contributed by atoms with Gasteiger partial charge < -0.3 is 14.6 Å². The number of cyclic esters (lactones) is 1. The zero-order valence-corrected chi connectivity index (χ0v) is 20.5. The maximum Gasteiger partial charge on any atom is 0.331 e. The Morgan fingerprint density at radius 3 is 2.66 bits per heavy atom. The SMILES string of the molecule is CC(=O)OC/C(=C/C[C@@H](O)C1=CC(=O)OC1)CC/C=C(\C)CCC1=C(C)CCCC1(C)C. The van der Waals surface area contributed by atoms with Gasteiger partial charge >= 0.3 is 11.9 Å². The van der Waals surface area contributed by atoms with E-state index in [0.717, 1.165) is 31.3 Å². The minimum absolute atomic E-state index is 0.141. The average Bonchev–Trinajstić information content (AvgIpc) is 3.14. The predicted octanol–water partition coefficient (Wildman–Crippen LogP) is 5.74. The number of aliphatic hydroxyl groups excluding tert-OH is 1. The number of rotatable bonds is 11. The third-order valence-corrected chi connectivity index (χ3v) is 6.62. The number of ether oxygens (including phenoxy) is 2. The van der Waals surface area contributed by atoms with Gasteiger partial charge in [-0.25, -0.2) is 4.79 Å². The van der Waals surface area contributed by atoms with Crippen LogP contribution < -0.4 is 0 Å². The van der Waals surface area contributed by atoms with Crippen LogP contribution in [0.1, 0.15) is 86.0 Å². The Kier molecular flexibility index (Phi) is 9.95. The van der Waals surface area contributed by atoms with Gasteiger partial charge in [0.05, 0.1) is 6.10 Å². The van der Waals surface area contributed by atoms with Crippen LogP contribution in [0.4, 0.5) is 0 Å². The molecule has 2 rings (SSSR count). The van der Waals surface area contributed by atoms with Crippen molar-refractivity contribution in [1.29, 1.82) is 0 Å². The smallest absolute Gasteiger partial charge is 0.331 e. The van der Waals surface area contributed by atoms with Crippen molar-refractivity contribution < 1.29 is 24.2 Å². The number of aliphatic hydroxyl groups is 1. The van der Waals surface area contributed by atoms with Gasteiger partial charge in [-0.1, -0.05) is 42.7 Å². The van der Waals surface area contributed by atoms with Crippen LogP contribution in [0.2, 0.25) is 0 Å². The maximum atomic E-state index is 11.2. The fourth-order valence-corrected chi connectivity index (χ4v) is 4.59. The van der Waals surface area contributed by atoms with Crippen LogP contribution in [-0.2, 0) is 19.1 Å². The fourth-order valence-electron chi connectivity index (χ4n) is 4.59. The number of allylic oxidation sites excluding steroid dienone is 4. The molecule has 32 heavy (non-hydrogen) atoms. The summed E-state index contributed by atoms with van der Waals surface area (Å²) >= 11 is 0. The lowest BCUT2D eigenvalue weighted by molar-refractivity contribution is -0.140. The Balaban J connectivity index is 1.90. The summed E-state index contributed by atoms with van der Waals surface area (Å²) in [6, 6.07) is 0. The van der Waals surface area contributed by atoms with Crippen molar-refractivity contribution in [2.45, 2.75) is 92.1 Å². The molecule has 0 aromatic carbocycles. The van der Waals surface area contributed by atoms with Gasteiger partial charge in [0.1, 0.15) is 13.2 Å². The number of carbonyl (C=O) groups is 2. The van der Waals surface area contributed by atoms with E-state index in [9.17, 15) is 14.7 Å². The molecule has 0 unspecified atom stereocenters. The molecule has 0 radical (unpaired) electrons. The van der Waals surface area contributed by atoms with Gasteiger partial charge in [0.25, 0.3) is 0 Å². The van der Waals surface area contributed by atoms with Crippen molar-refractivity contribution in [3.05, 3.63) is 46.1 Å². The summed E-state index contributed by atoms with van der Waals surface area (Å²) in [7, 11) is 0. The number of hydrogen-bond acceptors (Lipinski definition) is 5. The van der Waals surface area contributed by atoms with E-state index in [2.05, 4.69) is 33.8 Å². The molecule has 0 saturated carbocycles. The third kappa shape index (κ3) is 8.42. The maximum absolute atomic E-state index is 11.2. The van der Waals surface area contributed by atoms with Crippen LogP contribution in [0.15, 0.2) is 46.1 Å². The van der Waals surface area contributed by atoms with Gasteiger partial charge in [0.2, 0.25) is 0 Å². The largest absolute Gasteiger partial charge is 0.461 e. The van der Waals surface area contributed by atoms with Crippen LogP contribution in [-0.4, -0.2) is 36.4 Å². The molecule has 0 amide bonds. The lowest BCUT2D eigenvalue weighted by atomic mass is 9.71. The zero-order valence-electron chi connectivity index (χ0n) is 20.5. The normalized spacial score (nSPS) is 20.2. The number of carbonyl (C=O) groups excluding carboxylic acids is 2. The molecule has 1 aliphatic carbocycles. The molecule has 0 aromatic rings. The molecule has 5 heteroatoms. The minimum Gasteiger partial charge on any atom is -0.461 e. The molecular weight excluding hydrogens is 404 g/mol. The van der Waals surface area contributed by atoms with E-state index >= 15 is 0 Å². The van der Waals surface area contributed by atoms with Gasteiger partial charge in [-0.15, -0.1) is 0 Å². The van der Waals surface area contributed by atoms with Gasteiger partial charge in [-0.2, -0.15) is 0 Å². The highest BCUT2D eigenvalue weighted by molar-refractivity contribution is 5.85. The summed E-state index contributed by atoms with van der Waals surface area (Å²) in [5.41, 5.74) is 6.46. The van der Waals surface area contributed by atoms with E-state index in [4.69, 9.17) is 9.47 Å². The molecule has 2 aliphatic rings. The lowest BCUT2D eigenvalue weighted by Crippen LogP contribution is -2.20. The second-order valence-electron chi connectivity index (χ2n) is 9.81. The Morgan fingerprint density at radius 2 is 2.03 bits per heavy atom. The standard InChI is InChI=1S/C27H40O5/c1-19(11-13-24-20(2)9-7-15-27(24,4)5)8-6-10-22(17-31-21(3)28)12-14-25(29)23-16-26(30)32-18-23/h8,12,16,25,29H,6-7,9-11,13-15,17-18H2,1-5H3/b19-8+,22-12+/t25-/m1/s1. The van der Waals surface area contributed by atoms with Crippen molar-refractivity contribution in [2.24, 2.45) is 5.41 Å². The number of esters is 2. The molecular formula is C27H40O5. The lowest BCUT2D eigenvalue weighted by Gasteiger charge is -2.35. The summed E-state index contributed by atoms with van der Waals surface area (Å²) in [6.07, 6.45) is 12.8. The van der Waals surface area contributed by atoms with Crippen LogP contribution in [0.25, 0.3) is 0 Å². The van der Waals surface area contributed by atoms with Gasteiger partial charge in [-0.3, -0.25) is 4.79 Å². The fraction of sp³-hybridized carbons (Fsp3) is 0.630. The van der Waals surface area contributed by atoms with Crippen molar-refractivity contribution in [1.82, 2.24) is 0 Å². The summed E-state index contributed by atoms with van der Waals surface area (Å²) in [5.74, 6) is -0.731. The van der Waals surface area contributed by atoms with Crippen LogP contribution in [0, 0.1) is 5.41 Å². The molecule has 0 aromatic heterocycles. The Hall–Kier alpha value is -2.14. The van der Waals surface area contributed by atoms with Crippen LogP contribution >= 0.6 is 0 Å². The Morgan fingerprint density at radius 1 is 1.28 bits per heavy atom. The second-order valence-corrected chi connectivity index (χ2v) is 9.81. The molecule has 178 valence electrons. The molecule has 1 atom stereocenters. The van der Waals surface area contributed by atoms with Crippen LogP contribution in [0.3, 0.4) is 0 Å². The van der Waals surface area contributed by atoms with Crippen molar-refractivity contribution in [2.75, 3.05) is 13.2 Å². The molecule has 1 heterocycles. The van der Waals surface area contributed by atoms with Crippen molar-refractivity contribution in [3.8, 4) is 0 Å². The molecule has 1 N–H and O–H groups in total. The second kappa shape index (κ2) is 12.2. The summed E-state index contributed by atoms with van der Waals surface area (Å²) < 4.78 is 10.0. The van der Waals surface area contributed by atoms with Crippen molar-refractivity contribution >= 4 is 11.9 Å². The summed E-state index contributed by atoms with van der Waals surface area (Å²) in [4.78, 5) is 22.4. The van der Waals surface area contributed by atoms with E-state index in [0.29, 0.717) is 17.4 Å². The Labute approximate surface area is 193 Å². The Bertz CT molecular complexity index is 810. The highest BCUT2D eigenvalue weighted by atomic mass is 16.5. The molecule has 0 fully saturated rings. The molecule has 5 nitrogen and oxygen atoms in total. The van der Waals surface area contributed by atoms with Crippen LogP contribution in [0.5, 0.6) is 0 Å². The quantitative estimate of drug-likeness (QED) is 0.325. The average molecular weight is 445 g/mol. The topological polar surface area (TPSA) is 72.8 Å². The molecule has 0 saturated heterocycles.